The molecule has 0 spiro atoms. The van der Waals surface area contributed by atoms with Crippen LogP contribution in [0.5, 0.6) is 5.75 Å². The van der Waals surface area contributed by atoms with Gasteiger partial charge in [0.1, 0.15) is 5.75 Å². The quantitative estimate of drug-likeness (QED) is 0.404. The highest BCUT2D eigenvalue weighted by Crippen LogP contribution is 2.40. The van der Waals surface area contributed by atoms with Gasteiger partial charge in [0.15, 0.2) is 5.66 Å². The summed E-state index contributed by atoms with van der Waals surface area (Å²) in [7, 11) is -2.36. The number of carbonyl (C=O) groups is 1. The lowest BCUT2D eigenvalue weighted by Gasteiger charge is -2.24. The lowest BCUT2D eigenvalue weighted by molar-refractivity contribution is -0.122. The van der Waals surface area contributed by atoms with E-state index in [0.29, 0.717) is 6.42 Å². The number of aromatic hydroxyl groups is 1. The van der Waals surface area contributed by atoms with E-state index in [1.165, 1.54) is 12.1 Å². The van der Waals surface area contributed by atoms with E-state index in [1.807, 2.05) is 0 Å². The van der Waals surface area contributed by atoms with Gasteiger partial charge in [-0.25, -0.2) is 0 Å². The Bertz CT molecular complexity index is 619. The van der Waals surface area contributed by atoms with Crippen molar-refractivity contribution >= 4 is 13.9 Å². The van der Waals surface area contributed by atoms with Crippen LogP contribution in [-0.4, -0.2) is 45.4 Å². The lowest BCUT2D eigenvalue weighted by atomic mass is 9.85. The molecular weight excluding hydrogens is 367 g/mol. The van der Waals surface area contributed by atoms with Crippen LogP contribution in [0.4, 0.5) is 0 Å². The molecule has 1 aromatic carbocycles. The highest BCUT2D eigenvalue weighted by molar-refractivity contribution is 7.38. The fourth-order valence-electron chi connectivity index (χ4n) is 3.67. The van der Waals surface area contributed by atoms with Crippen molar-refractivity contribution in [1.82, 2.24) is 5.32 Å². The molecule has 1 saturated carbocycles. The smallest absolute Gasteiger partial charge is 0.508 e. The number of nitrogens with one attached hydrogen (secondary N) is 1. The lowest BCUT2D eigenvalue weighted by Crippen LogP contribution is -2.45. The summed E-state index contributed by atoms with van der Waals surface area (Å²) in [6.45, 7) is 0.00844. The van der Waals surface area contributed by atoms with E-state index in [-0.39, 0.29) is 30.5 Å². The number of phenols is 1. The first kappa shape index (κ1) is 21.8. The Labute approximate surface area is 160 Å². The third kappa shape index (κ3) is 7.18. The van der Waals surface area contributed by atoms with Crippen LogP contribution in [0.25, 0.3) is 0 Å². The van der Waals surface area contributed by atoms with Crippen LogP contribution >= 0.6 is 8.03 Å². The zero-order valence-corrected chi connectivity index (χ0v) is 16.4. The van der Waals surface area contributed by atoms with Gasteiger partial charge in [-0.15, -0.1) is 0 Å². The molecule has 0 aromatic heterocycles. The minimum Gasteiger partial charge on any atom is -0.508 e. The minimum atomic E-state index is -2.36. The number of hydrogen-bond donors (Lipinski definition) is 5. The first-order chi connectivity index (χ1) is 12.9. The van der Waals surface area contributed by atoms with E-state index in [2.05, 4.69) is 5.32 Å². The van der Waals surface area contributed by atoms with E-state index in [4.69, 9.17) is 5.73 Å². The largest absolute Gasteiger partial charge is 0.509 e. The van der Waals surface area contributed by atoms with Gasteiger partial charge in [0.2, 0.25) is 5.91 Å². The molecule has 150 valence electrons. The standard InChI is InChI=1S/C19H29N2O5P/c20-17(10-13-6-8-15(22)9-7-13)19(24)21-12-16(23)11-18(27(25)26)14-4-2-1-3-5-14/h6-9,14,16-18,23H,1-5,10-12,20H2,(H2-,21,22,24,25,26)/p+1/t16-,17+,18?/m1/s1. The van der Waals surface area contributed by atoms with Gasteiger partial charge in [-0.3, -0.25) is 4.79 Å². The molecule has 0 bridgehead atoms. The normalized spacial score (nSPS) is 19.1. The molecule has 6 N–H and O–H groups in total. The second-order valence-electron chi connectivity index (χ2n) is 7.38. The van der Waals surface area contributed by atoms with E-state index < -0.39 is 25.8 Å². The summed E-state index contributed by atoms with van der Waals surface area (Å²) in [4.78, 5) is 21.8. The van der Waals surface area contributed by atoms with Crippen molar-refractivity contribution in [3.8, 4) is 5.75 Å². The summed E-state index contributed by atoms with van der Waals surface area (Å²) >= 11 is 0. The molecule has 0 heterocycles. The maximum absolute atomic E-state index is 12.1. The molecule has 1 amide bonds. The predicted octanol–water partition coefficient (Wildman–Crippen LogP) is 1.81. The minimum absolute atomic E-state index is 0.00844. The molecule has 4 atom stereocenters. The van der Waals surface area contributed by atoms with E-state index >= 15 is 0 Å². The van der Waals surface area contributed by atoms with Crippen molar-refractivity contribution in [3.05, 3.63) is 29.8 Å². The SMILES string of the molecule is N[C@@H](Cc1ccc(O)cc1)C(=O)NC[C@H](O)CC(C1CCCCC1)[P+](=O)O. The number of phenolic OH excluding ortho intramolecular Hbond substituents is 1. The van der Waals surface area contributed by atoms with Crippen molar-refractivity contribution in [2.24, 2.45) is 11.7 Å². The summed E-state index contributed by atoms with van der Waals surface area (Å²) in [6, 6.07) is 5.69. The van der Waals surface area contributed by atoms with Crippen molar-refractivity contribution in [2.45, 2.75) is 62.8 Å². The molecule has 2 unspecified atom stereocenters. The van der Waals surface area contributed by atoms with E-state index in [9.17, 15) is 24.5 Å². The number of nitrogens with two attached hydrogens (primary N) is 1. The second-order valence-corrected chi connectivity index (χ2v) is 8.65. The molecule has 8 heteroatoms. The number of hydrogen-bond acceptors (Lipinski definition) is 5. The number of benzene rings is 1. The monoisotopic (exact) mass is 397 g/mol. The average Bonchev–Trinajstić information content (AvgIpc) is 2.66. The fourth-order valence-corrected chi connectivity index (χ4v) is 4.75. The first-order valence-electron chi connectivity index (χ1n) is 9.51. The Balaban J connectivity index is 1.78. The predicted molar refractivity (Wildman–Crippen MR) is 104 cm³/mol. The van der Waals surface area contributed by atoms with Gasteiger partial charge in [-0.2, -0.15) is 4.89 Å². The Morgan fingerprint density at radius 2 is 1.85 bits per heavy atom. The van der Waals surface area contributed by atoms with Gasteiger partial charge in [0, 0.05) is 18.9 Å². The van der Waals surface area contributed by atoms with Crippen LogP contribution in [-0.2, 0) is 15.8 Å². The van der Waals surface area contributed by atoms with Crippen LogP contribution in [0.15, 0.2) is 24.3 Å². The number of rotatable bonds is 9. The molecular formula is C19H30N2O5P+. The van der Waals surface area contributed by atoms with Crippen LogP contribution in [0.1, 0.15) is 44.1 Å². The van der Waals surface area contributed by atoms with Gasteiger partial charge < -0.3 is 21.3 Å². The van der Waals surface area contributed by atoms with Crippen LogP contribution in [0.3, 0.4) is 0 Å². The third-order valence-electron chi connectivity index (χ3n) is 5.23. The van der Waals surface area contributed by atoms with Gasteiger partial charge in [0.25, 0.3) is 0 Å². The molecule has 0 radical (unpaired) electrons. The molecule has 2 rings (SSSR count). The van der Waals surface area contributed by atoms with Gasteiger partial charge >= 0.3 is 8.03 Å². The molecule has 27 heavy (non-hydrogen) atoms. The molecule has 1 aliphatic carbocycles. The molecule has 7 nitrogen and oxygen atoms in total. The van der Waals surface area contributed by atoms with Crippen LogP contribution in [0.2, 0.25) is 0 Å². The second kappa shape index (κ2) is 10.7. The number of aliphatic hydroxyl groups excluding tert-OH is 1. The molecule has 1 aromatic rings. The molecule has 1 aliphatic rings. The summed E-state index contributed by atoms with van der Waals surface area (Å²) < 4.78 is 11.7. The summed E-state index contributed by atoms with van der Waals surface area (Å²) in [5.74, 6) is -0.0752. The highest BCUT2D eigenvalue weighted by Gasteiger charge is 2.39. The summed E-state index contributed by atoms with van der Waals surface area (Å²) in [5, 5.41) is 22.1. The van der Waals surface area contributed by atoms with Gasteiger partial charge in [-0.1, -0.05) is 31.4 Å². The molecule has 0 saturated heterocycles. The highest BCUT2D eigenvalue weighted by atomic mass is 31.1. The summed E-state index contributed by atoms with van der Waals surface area (Å²) in [5.41, 5.74) is 6.29. The van der Waals surface area contributed by atoms with Crippen molar-refractivity contribution in [2.75, 3.05) is 6.54 Å². The van der Waals surface area contributed by atoms with Gasteiger partial charge in [-0.05, 0) is 41.5 Å². The zero-order valence-electron chi connectivity index (χ0n) is 15.5. The van der Waals surface area contributed by atoms with E-state index in [1.54, 1.807) is 12.1 Å². The Morgan fingerprint density at radius 3 is 2.44 bits per heavy atom. The fraction of sp³-hybridized carbons (Fsp3) is 0.632. The summed E-state index contributed by atoms with van der Waals surface area (Å²) in [6.07, 6.45) is 4.74. The topological polar surface area (TPSA) is 133 Å². The van der Waals surface area contributed by atoms with Crippen LogP contribution in [0, 0.1) is 5.92 Å². The first-order valence-corrected chi connectivity index (χ1v) is 10.8. The van der Waals surface area contributed by atoms with Crippen molar-refractivity contribution in [3.63, 3.8) is 0 Å². The van der Waals surface area contributed by atoms with Crippen molar-refractivity contribution in [1.29, 1.82) is 0 Å². The maximum atomic E-state index is 12.1. The average molecular weight is 397 g/mol. The number of carbonyl (C=O) groups excluding carboxylic acids is 1. The number of aliphatic hydroxyl groups is 1. The van der Waals surface area contributed by atoms with E-state index in [0.717, 1.165) is 37.7 Å². The third-order valence-corrected chi connectivity index (χ3v) is 6.43. The Hall–Kier alpha value is -1.53. The Morgan fingerprint density at radius 1 is 1.22 bits per heavy atom. The number of amides is 1. The van der Waals surface area contributed by atoms with Crippen molar-refractivity contribution < 1.29 is 24.5 Å². The van der Waals surface area contributed by atoms with Gasteiger partial charge in [0.05, 0.1) is 12.1 Å². The Kier molecular flexibility index (Phi) is 8.64. The van der Waals surface area contributed by atoms with Crippen LogP contribution < -0.4 is 11.1 Å². The molecule has 1 fully saturated rings. The maximum Gasteiger partial charge on any atom is 0.509 e. The zero-order chi connectivity index (χ0) is 19.8. The molecule has 0 aliphatic heterocycles.